The zero-order valence-electron chi connectivity index (χ0n) is 12.7. The fraction of sp³-hybridized carbons (Fsp3) is 0.375. The van der Waals surface area contributed by atoms with Gasteiger partial charge in [-0.25, -0.2) is 4.79 Å². The lowest BCUT2D eigenvalue weighted by molar-refractivity contribution is -0.148. The summed E-state index contributed by atoms with van der Waals surface area (Å²) in [5.41, 5.74) is 1.63. The first-order valence-corrected chi connectivity index (χ1v) is 6.79. The van der Waals surface area contributed by atoms with Crippen LogP contribution in [0.15, 0.2) is 33.5 Å². The molecule has 2 aromatic rings. The second-order valence-corrected chi connectivity index (χ2v) is 5.43. The molecule has 21 heavy (non-hydrogen) atoms. The van der Waals surface area contributed by atoms with Crippen molar-refractivity contribution in [2.45, 2.75) is 20.5 Å². The summed E-state index contributed by atoms with van der Waals surface area (Å²) in [5, 5.41) is 0.775. The van der Waals surface area contributed by atoms with Gasteiger partial charge in [-0.1, -0.05) is 13.8 Å². The average molecular weight is 289 g/mol. The Morgan fingerprint density at radius 2 is 2.00 bits per heavy atom. The number of ether oxygens (including phenoxy) is 1. The van der Waals surface area contributed by atoms with E-state index in [-0.39, 0.29) is 18.5 Å². The molecular formula is C16H19NO4. The van der Waals surface area contributed by atoms with Crippen LogP contribution in [0.2, 0.25) is 0 Å². The number of carbonyl (C=O) groups is 1. The summed E-state index contributed by atoms with van der Waals surface area (Å²) in [7, 11) is 3.82. The molecule has 0 aliphatic carbocycles. The van der Waals surface area contributed by atoms with Crippen LogP contribution in [-0.4, -0.2) is 20.1 Å². The van der Waals surface area contributed by atoms with Crippen molar-refractivity contribution in [1.82, 2.24) is 0 Å². The smallest absolute Gasteiger partial charge is 0.336 e. The summed E-state index contributed by atoms with van der Waals surface area (Å²) in [6, 6.07) is 6.96. The normalized spacial score (nSPS) is 10.9. The number of hydrogen-bond donors (Lipinski definition) is 0. The number of esters is 1. The van der Waals surface area contributed by atoms with Gasteiger partial charge in [0.25, 0.3) is 0 Å². The van der Waals surface area contributed by atoms with E-state index in [2.05, 4.69) is 0 Å². The Balaban J connectivity index is 2.39. The number of rotatable bonds is 4. The lowest BCUT2D eigenvalue weighted by atomic mass is 10.1. The topological polar surface area (TPSA) is 59.8 Å². The van der Waals surface area contributed by atoms with Crippen LogP contribution in [0.1, 0.15) is 19.4 Å². The Kier molecular flexibility index (Phi) is 4.31. The molecule has 0 aliphatic rings. The number of anilines is 1. The third-order valence-electron chi connectivity index (χ3n) is 3.17. The SMILES string of the molecule is CC(C)C(=O)OCc1cc(=O)oc2cc(N(C)C)ccc12. The molecule has 2 rings (SSSR count). The van der Waals surface area contributed by atoms with Crippen LogP contribution in [-0.2, 0) is 16.1 Å². The number of fused-ring (bicyclic) bond motifs is 1. The summed E-state index contributed by atoms with van der Waals surface area (Å²) in [5.74, 6) is -0.488. The molecule has 0 spiro atoms. The maximum Gasteiger partial charge on any atom is 0.336 e. The fourth-order valence-corrected chi connectivity index (χ4v) is 1.93. The van der Waals surface area contributed by atoms with Gasteiger partial charge in [-0.15, -0.1) is 0 Å². The standard InChI is InChI=1S/C16H19NO4/c1-10(2)16(19)20-9-11-7-15(18)21-14-8-12(17(3)4)5-6-13(11)14/h5-8,10H,9H2,1-4H3. The van der Waals surface area contributed by atoms with Crippen LogP contribution in [0.3, 0.4) is 0 Å². The molecule has 0 atom stereocenters. The van der Waals surface area contributed by atoms with Crippen LogP contribution >= 0.6 is 0 Å². The fourth-order valence-electron chi connectivity index (χ4n) is 1.93. The average Bonchev–Trinajstić information content (AvgIpc) is 2.43. The number of benzene rings is 1. The first-order chi connectivity index (χ1) is 9.88. The van der Waals surface area contributed by atoms with E-state index in [9.17, 15) is 9.59 Å². The first-order valence-electron chi connectivity index (χ1n) is 6.79. The Morgan fingerprint density at radius 3 is 2.62 bits per heavy atom. The van der Waals surface area contributed by atoms with Gasteiger partial charge >= 0.3 is 11.6 Å². The minimum Gasteiger partial charge on any atom is -0.461 e. The molecular weight excluding hydrogens is 270 g/mol. The van der Waals surface area contributed by atoms with Gasteiger partial charge in [-0.3, -0.25) is 4.79 Å². The quantitative estimate of drug-likeness (QED) is 0.639. The predicted molar refractivity (Wildman–Crippen MR) is 81.4 cm³/mol. The molecule has 0 fully saturated rings. The highest BCUT2D eigenvalue weighted by Gasteiger charge is 2.12. The van der Waals surface area contributed by atoms with Gasteiger partial charge in [-0.2, -0.15) is 0 Å². The summed E-state index contributed by atoms with van der Waals surface area (Å²) in [6.07, 6.45) is 0. The summed E-state index contributed by atoms with van der Waals surface area (Å²) in [4.78, 5) is 25.1. The molecule has 0 aliphatic heterocycles. The maximum atomic E-state index is 11.6. The van der Waals surface area contributed by atoms with Gasteiger partial charge in [0.05, 0.1) is 5.92 Å². The van der Waals surface area contributed by atoms with Crippen molar-refractivity contribution >= 4 is 22.6 Å². The molecule has 0 saturated heterocycles. The largest absolute Gasteiger partial charge is 0.461 e. The Bertz CT molecular complexity index is 716. The third kappa shape index (κ3) is 3.42. The van der Waals surface area contributed by atoms with Crippen molar-refractivity contribution in [3.05, 3.63) is 40.2 Å². The van der Waals surface area contributed by atoms with E-state index in [4.69, 9.17) is 9.15 Å². The van der Waals surface area contributed by atoms with Crippen LogP contribution in [0.25, 0.3) is 11.0 Å². The van der Waals surface area contributed by atoms with Crippen molar-refractivity contribution in [3.63, 3.8) is 0 Å². The third-order valence-corrected chi connectivity index (χ3v) is 3.17. The highest BCUT2D eigenvalue weighted by molar-refractivity contribution is 5.83. The van der Waals surface area contributed by atoms with Gasteiger partial charge in [0.15, 0.2) is 0 Å². The molecule has 1 aromatic heterocycles. The van der Waals surface area contributed by atoms with E-state index < -0.39 is 5.63 Å². The van der Waals surface area contributed by atoms with E-state index in [1.165, 1.54) is 6.07 Å². The molecule has 112 valence electrons. The predicted octanol–water partition coefficient (Wildman–Crippen LogP) is 2.56. The van der Waals surface area contributed by atoms with Crippen molar-refractivity contribution in [2.75, 3.05) is 19.0 Å². The lowest BCUT2D eigenvalue weighted by Gasteiger charge is -2.13. The Labute approximate surface area is 123 Å². The van der Waals surface area contributed by atoms with Crippen molar-refractivity contribution in [3.8, 4) is 0 Å². The van der Waals surface area contributed by atoms with Crippen LogP contribution in [0.4, 0.5) is 5.69 Å². The van der Waals surface area contributed by atoms with Crippen LogP contribution in [0.5, 0.6) is 0 Å². The van der Waals surface area contributed by atoms with Crippen molar-refractivity contribution in [2.24, 2.45) is 5.92 Å². The molecule has 5 heteroatoms. The maximum absolute atomic E-state index is 11.6. The van der Waals surface area contributed by atoms with Crippen LogP contribution in [0, 0.1) is 5.92 Å². The zero-order chi connectivity index (χ0) is 15.6. The number of carbonyl (C=O) groups excluding carboxylic acids is 1. The molecule has 5 nitrogen and oxygen atoms in total. The van der Waals surface area contributed by atoms with Crippen molar-refractivity contribution in [1.29, 1.82) is 0 Å². The first kappa shape index (κ1) is 15.1. The molecule has 0 radical (unpaired) electrons. The van der Waals surface area contributed by atoms with Gasteiger partial charge in [0, 0.05) is 42.9 Å². The Morgan fingerprint density at radius 1 is 1.29 bits per heavy atom. The Hall–Kier alpha value is -2.30. The molecule has 0 saturated carbocycles. The minimum absolute atomic E-state index is 0.0699. The van der Waals surface area contributed by atoms with Gasteiger partial charge in [-0.05, 0) is 12.1 Å². The number of nitrogens with zero attached hydrogens (tertiary/aromatic N) is 1. The van der Waals surface area contributed by atoms with Crippen LogP contribution < -0.4 is 10.5 Å². The van der Waals surface area contributed by atoms with E-state index in [0.717, 1.165) is 11.1 Å². The van der Waals surface area contributed by atoms with Crippen molar-refractivity contribution < 1.29 is 13.9 Å². The molecule has 0 N–H and O–H groups in total. The lowest BCUT2D eigenvalue weighted by Crippen LogP contribution is -2.13. The summed E-state index contributed by atoms with van der Waals surface area (Å²) < 4.78 is 10.4. The molecule has 1 aromatic carbocycles. The molecule has 1 heterocycles. The molecule has 0 unspecified atom stereocenters. The van der Waals surface area contributed by atoms with Gasteiger partial charge < -0.3 is 14.1 Å². The highest BCUT2D eigenvalue weighted by Crippen LogP contribution is 2.23. The summed E-state index contributed by atoms with van der Waals surface area (Å²) in [6.45, 7) is 3.60. The number of hydrogen-bond acceptors (Lipinski definition) is 5. The molecule has 0 bridgehead atoms. The van der Waals surface area contributed by atoms with E-state index in [1.54, 1.807) is 19.9 Å². The van der Waals surface area contributed by atoms with E-state index >= 15 is 0 Å². The highest BCUT2D eigenvalue weighted by atomic mass is 16.5. The van der Waals surface area contributed by atoms with Gasteiger partial charge in [0.2, 0.25) is 0 Å². The van der Waals surface area contributed by atoms with E-state index in [0.29, 0.717) is 11.1 Å². The minimum atomic E-state index is -0.450. The zero-order valence-corrected chi connectivity index (χ0v) is 12.7. The molecule has 0 amide bonds. The monoisotopic (exact) mass is 289 g/mol. The second-order valence-electron chi connectivity index (χ2n) is 5.43. The summed E-state index contributed by atoms with van der Waals surface area (Å²) >= 11 is 0. The second kappa shape index (κ2) is 5.99. The van der Waals surface area contributed by atoms with Gasteiger partial charge in [0.1, 0.15) is 12.2 Å². The van der Waals surface area contributed by atoms with E-state index in [1.807, 2.05) is 31.1 Å².